The van der Waals surface area contributed by atoms with Gasteiger partial charge in [0.15, 0.2) is 0 Å². The highest BCUT2D eigenvalue weighted by Gasteiger charge is 1.90. The van der Waals surface area contributed by atoms with Crippen LogP contribution in [-0.2, 0) is 0 Å². The van der Waals surface area contributed by atoms with Gasteiger partial charge in [0.1, 0.15) is 0 Å². The zero-order valence-corrected chi connectivity index (χ0v) is 8.17. The Kier molecular flexibility index (Phi) is 5.98. The van der Waals surface area contributed by atoms with Gasteiger partial charge in [0.2, 0.25) is 0 Å². The first-order valence-corrected chi connectivity index (χ1v) is 4.23. The van der Waals surface area contributed by atoms with E-state index in [-0.39, 0.29) is 0 Å². The van der Waals surface area contributed by atoms with Gasteiger partial charge < -0.3 is 0 Å². The lowest BCUT2D eigenvalue weighted by Crippen LogP contribution is -1.77. The lowest BCUT2D eigenvalue weighted by Gasteiger charge is -1.96. The van der Waals surface area contributed by atoms with Crippen LogP contribution in [0.2, 0.25) is 0 Å². The molecule has 0 amide bonds. The molecule has 1 nitrogen and oxygen atoms in total. The SMILES string of the molecule is C=NC(/C=C\CC)=C(C)\C=C/C. The summed E-state index contributed by atoms with van der Waals surface area (Å²) in [7, 11) is 0. The minimum absolute atomic E-state index is 0.954. The summed E-state index contributed by atoms with van der Waals surface area (Å²) in [5.74, 6) is 0. The van der Waals surface area contributed by atoms with E-state index in [1.165, 1.54) is 0 Å². The molecule has 0 rings (SSSR count). The molecule has 0 saturated carbocycles. The van der Waals surface area contributed by atoms with Crippen LogP contribution in [0, 0.1) is 0 Å². The molecule has 66 valence electrons. The summed E-state index contributed by atoms with van der Waals surface area (Å²) in [5, 5.41) is 0. The number of rotatable bonds is 4. The first-order chi connectivity index (χ1) is 5.76. The smallest absolute Gasteiger partial charge is 0.0648 e. The van der Waals surface area contributed by atoms with Gasteiger partial charge in [0.05, 0.1) is 5.70 Å². The molecule has 0 aliphatic heterocycles. The number of hydrogen-bond acceptors (Lipinski definition) is 1. The first kappa shape index (κ1) is 10.9. The molecule has 0 aromatic heterocycles. The Labute approximate surface area is 75.2 Å². The van der Waals surface area contributed by atoms with Crippen molar-refractivity contribution in [2.24, 2.45) is 4.99 Å². The zero-order valence-electron chi connectivity index (χ0n) is 8.17. The molecule has 0 fully saturated rings. The lowest BCUT2D eigenvalue weighted by atomic mass is 10.2. The Morgan fingerprint density at radius 2 is 2.08 bits per heavy atom. The maximum absolute atomic E-state index is 3.94. The van der Waals surface area contributed by atoms with E-state index in [2.05, 4.69) is 24.7 Å². The summed E-state index contributed by atoms with van der Waals surface area (Å²) in [4.78, 5) is 3.94. The van der Waals surface area contributed by atoms with E-state index in [0.717, 1.165) is 17.7 Å². The van der Waals surface area contributed by atoms with Gasteiger partial charge in [0.25, 0.3) is 0 Å². The summed E-state index contributed by atoms with van der Waals surface area (Å²) in [5.41, 5.74) is 2.10. The number of hydrogen-bond donors (Lipinski definition) is 0. The Bertz CT molecular complexity index is 219. The van der Waals surface area contributed by atoms with Crippen molar-refractivity contribution >= 4 is 6.72 Å². The molecule has 0 spiro atoms. The number of aliphatic imine (C=N–C) groups is 1. The molecule has 0 saturated heterocycles. The molecule has 0 aromatic carbocycles. The van der Waals surface area contributed by atoms with Crippen LogP contribution in [0.1, 0.15) is 27.2 Å². The standard InChI is InChI=1S/C11H17N/c1-5-7-9-11(12-4)10(3)8-6-2/h6-9H,4-5H2,1-3H3/b8-6-,9-7-,11-10-. The van der Waals surface area contributed by atoms with Gasteiger partial charge in [0, 0.05) is 0 Å². The number of allylic oxidation sites excluding steroid dienone is 5. The average molecular weight is 163 g/mol. The summed E-state index contributed by atoms with van der Waals surface area (Å²) < 4.78 is 0. The van der Waals surface area contributed by atoms with Crippen LogP contribution < -0.4 is 0 Å². The van der Waals surface area contributed by atoms with Crippen LogP contribution in [0.15, 0.2) is 40.6 Å². The van der Waals surface area contributed by atoms with E-state index in [1.807, 2.05) is 32.1 Å². The molecule has 0 aromatic rings. The second-order valence-electron chi connectivity index (χ2n) is 2.54. The molecule has 12 heavy (non-hydrogen) atoms. The Morgan fingerprint density at radius 3 is 2.50 bits per heavy atom. The largest absolute Gasteiger partial charge is 0.264 e. The van der Waals surface area contributed by atoms with Gasteiger partial charge in [-0.3, -0.25) is 4.99 Å². The Morgan fingerprint density at radius 1 is 1.42 bits per heavy atom. The number of nitrogens with zero attached hydrogens (tertiary/aromatic N) is 1. The van der Waals surface area contributed by atoms with Gasteiger partial charge in [-0.15, -0.1) is 0 Å². The fourth-order valence-corrected chi connectivity index (χ4v) is 0.874. The molecule has 0 bridgehead atoms. The highest BCUT2D eigenvalue weighted by atomic mass is 14.7. The summed E-state index contributed by atoms with van der Waals surface area (Å²) in [6, 6.07) is 0. The van der Waals surface area contributed by atoms with Crippen molar-refractivity contribution in [2.45, 2.75) is 27.2 Å². The van der Waals surface area contributed by atoms with Gasteiger partial charge in [-0.2, -0.15) is 0 Å². The topological polar surface area (TPSA) is 12.4 Å². The van der Waals surface area contributed by atoms with Crippen molar-refractivity contribution in [3.63, 3.8) is 0 Å². The van der Waals surface area contributed by atoms with Gasteiger partial charge in [-0.05, 0) is 38.6 Å². The Balaban J connectivity index is 4.60. The van der Waals surface area contributed by atoms with Crippen LogP contribution in [-0.4, -0.2) is 6.72 Å². The van der Waals surface area contributed by atoms with Crippen LogP contribution >= 0.6 is 0 Å². The summed E-state index contributed by atoms with van der Waals surface area (Å²) in [6.07, 6.45) is 9.14. The molecule has 0 aliphatic carbocycles. The molecule has 0 aliphatic rings. The molecule has 0 atom stereocenters. The van der Waals surface area contributed by atoms with Crippen LogP contribution in [0.3, 0.4) is 0 Å². The van der Waals surface area contributed by atoms with Gasteiger partial charge in [-0.25, -0.2) is 0 Å². The van der Waals surface area contributed by atoms with E-state index < -0.39 is 0 Å². The first-order valence-electron chi connectivity index (χ1n) is 4.23. The van der Waals surface area contributed by atoms with E-state index in [1.54, 1.807) is 0 Å². The zero-order chi connectivity index (χ0) is 9.40. The maximum Gasteiger partial charge on any atom is 0.0648 e. The fraction of sp³-hybridized carbons (Fsp3) is 0.364. The molecule has 0 N–H and O–H groups in total. The monoisotopic (exact) mass is 163 g/mol. The molecule has 0 heterocycles. The van der Waals surface area contributed by atoms with Crippen LogP contribution in [0.25, 0.3) is 0 Å². The highest BCUT2D eigenvalue weighted by Crippen LogP contribution is 2.08. The van der Waals surface area contributed by atoms with Crippen molar-refractivity contribution < 1.29 is 0 Å². The quantitative estimate of drug-likeness (QED) is 0.444. The van der Waals surface area contributed by atoms with E-state index in [9.17, 15) is 0 Å². The highest BCUT2D eigenvalue weighted by molar-refractivity contribution is 5.38. The van der Waals surface area contributed by atoms with Crippen molar-refractivity contribution in [2.75, 3.05) is 0 Å². The minimum atomic E-state index is 0.954. The van der Waals surface area contributed by atoms with Crippen molar-refractivity contribution in [1.29, 1.82) is 0 Å². The van der Waals surface area contributed by atoms with Crippen LogP contribution in [0.4, 0.5) is 0 Å². The van der Waals surface area contributed by atoms with Gasteiger partial charge in [-0.1, -0.05) is 25.2 Å². The van der Waals surface area contributed by atoms with Crippen LogP contribution in [0.5, 0.6) is 0 Å². The van der Waals surface area contributed by atoms with Crippen molar-refractivity contribution in [3.8, 4) is 0 Å². The second-order valence-corrected chi connectivity index (χ2v) is 2.54. The predicted molar refractivity (Wildman–Crippen MR) is 56.5 cm³/mol. The second kappa shape index (κ2) is 6.59. The van der Waals surface area contributed by atoms with E-state index in [4.69, 9.17) is 0 Å². The average Bonchev–Trinajstić information content (AvgIpc) is 2.06. The summed E-state index contributed by atoms with van der Waals surface area (Å²) in [6.45, 7) is 9.65. The van der Waals surface area contributed by atoms with Crippen molar-refractivity contribution in [3.05, 3.63) is 35.6 Å². The lowest BCUT2D eigenvalue weighted by molar-refractivity contribution is 1.21. The fourth-order valence-electron chi connectivity index (χ4n) is 0.874. The molecule has 0 radical (unpaired) electrons. The predicted octanol–water partition coefficient (Wildman–Crippen LogP) is 3.50. The third-order valence-corrected chi connectivity index (χ3v) is 1.50. The molecular weight excluding hydrogens is 146 g/mol. The summed E-state index contributed by atoms with van der Waals surface area (Å²) >= 11 is 0. The molecular formula is C11H17N. The third-order valence-electron chi connectivity index (χ3n) is 1.50. The normalized spacial score (nSPS) is 13.9. The molecule has 1 heteroatoms. The third kappa shape index (κ3) is 3.91. The maximum atomic E-state index is 3.94. The molecule has 0 unspecified atom stereocenters. The minimum Gasteiger partial charge on any atom is -0.264 e. The van der Waals surface area contributed by atoms with Gasteiger partial charge >= 0.3 is 0 Å². The van der Waals surface area contributed by atoms with E-state index >= 15 is 0 Å². The Hall–Kier alpha value is -1.11. The van der Waals surface area contributed by atoms with Crippen molar-refractivity contribution in [1.82, 2.24) is 0 Å². The van der Waals surface area contributed by atoms with E-state index in [0.29, 0.717) is 0 Å².